The normalized spacial score (nSPS) is 11.0. The highest BCUT2D eigenvalue weighted by atomic mass is 16.2. The molecule has 3 heteroatoms. The zero-order valence-electron chi connectivity index (χ0n) is 5.86. The smallest absolute Gasteiger partial charge is 0.132 e. The van der Waals surface area contributed by atoms with E-state index >= 15 is 0 Å². The molecule has 0 aliphatic rings. The number of hydrogen-bond acceptors (Lipinski definition) is 2. The van der Waals surface area contributed by atoms with Crippen molar-refractivity contribution in [3.8, 4) is 0 Å². The molecule has 0 bridgehead atoms. The van der Waals surface area contributed by atoms with Gasteiger partial charge in [0.05, 0.1) is 6.61 Å². The lowest BCUT2D eigenvalue weighted by atomic mass is 10.5. The summed E-state index contributed by atoms with van der Waals surface area (Å²) in [5.41, 5.74) is 0. The van der Waals surface area contributed by atoms with Crippen molar-refractivity contribution in [2.24, 2.45) is 7.05 Å². The second-order valence-corrected chi connectivity index (χ2v) is 1.98. The van der Waals surface area contributed by atoms with Crippen molar-refractivity contribution in [1.82, 2.24) is 9.55 Å². The van der Waals surface area contributed by atoms with E-state index in [0.29, 0.717) is 0 Å². The molecule has 1 aromatic rings. The summed E-state index contributed by atoms with van der Waals surface area (Å²) in [6.45, 7) is 0.0624. The third kappa shape index (κ3) is 1.45. The van der Waals surface area contributed by atoms with E-state index in [1.165, 1.54) is 0 Å². The van der Waals surface area contributed by atoms with Gasteiger partial charge in [0.2, 0.25) is 0 Å². The van der Waals surface area contributed by atoms with E-state index in [-0.39, 0.29) is 6.61 Å². The van der Waals surface area contributed by atoms with Crippen LogP contribution in [0.2, 0.25) is 0 Å². The molecular formula is C7H10N2O. The molecule has 0 aromatic carbocycles. The van der Waals surface area contributed by atoms with Crippen molar-refractivity contribution in [2.45, 2.75) is 0 Å². The number of hydrogen-bond donors (Lipinski definition) is 1. The number of aliphatic hydroxyl groups excluding tert-OH is 1. The first kappa shape index (κ1) is 7.02. The van der Waals surface area contributed by atoms with Gasteiger partial charge in [0.25, 0.3) is 0 Å². The minimum Gasteiger partial charge on any atom is -0.392 e. The third-order valence-electron chi connectivity index (χ3n) is 1.23. The highest BCUT2D eigenvalue weighted by molar-refractivity contribution is 5.39. The Hall–Kier alpha value is -1.09. The zero-order chi connectivity index (χ0) is 7.40. The summed E-state index contributed by atoms with van der Waals surface area (Å²) in [4.78, 5) is 4.02. The summed E-state index contributed by atoms with van der Waals surface area (Å²) in [7, 11) is 1.91. The summed E-state index contributed by atoms with van der Waals surface area (Å²) >= 11 is 0. The molecule has 0 amide bonds. The predicted molar refractivity (Wildman–Crippen MR) is 39.3 cm³/mol. The molecule has 1 rings (SSSR count). The first-order valence-electron chi connectivity index (χ1n) is 3.09. The summed E-state index contributed by atoms with van der Waals surface area (Å²) in [5.74, 6) is 0.856. The lowest BCUT2D eigenvalue weighted by molar-refractivity contribution is 0.343. The van der Waals surface area contributed by atoms with Gasteiger partial charge >= 0.3 is 0 Å². The SMILES string of the molecule is Cn1ccnc1/C=C/CO. The van der Waals surface area contributed by atoms with Crippen LogP contribution in [0.1, 0.15) is 5.82 Å². The maximum Gasteiger partial charge on any atom is 0.132 e. The minimum atomic E-state index is 0.0624. The molecule has 0 fully saturated rings. The van der Waals surface area contributed by atoms with Gasteiger partial charge in [-0.15, -0.1) is 0 Å². The number of rotatable bonds is 2. The lowest BCUT2D eigenvalue weighted by Gasteiger charge is -1.91. The standard InChI is InChI=1S/C7H10N2O/c1-9-5-4-8-7(9)3-2-6-10/h2-5,10H,6H2,1H3/b3-2+. The topological polar surface area (TPSA) is 38.0 Å². The minimum absolute atomic E-state index is 0.0624. The molecule has 10 heavy (non-hydrogen) atoms. The maximum absolute atomic E-state index is 8.43. The van der Waals surface area contributed by atoms with E-state index in [4.69, 9.17) is 5.11 Å². The van der Waals surface area contributed by atoms with Crippen LogP contribution in [0.3, 0.4) is 0 Å². The molecule has 0 saturated carbocycles. The Morgan fingerprint density at radius 2 is 2.60 bits per heavy atom. The molecule has 1 aromatic heterocycles. The molecule has 54 valence electrons. The second kappa shape index (κ2) is 3.17. The van der Waals surface area contributed by atoms with Crippen LogP contribution in [-0.2, 0) is 7.05 Å². The average Bonchev–Trinajstić information content (AvgIpc) is 2.31. The van der Waals surface area contributed by atoms with Gasteiger partial charge in [0, 0.05) is 19.4 Å². The van der Waals surface area contributed by atoms with Crippen LogP contribution in [0, 0.1) is 0 Å². The van der Waals surface area contributed by atoms with Gasteiger partial charge in [-0.3, -0.25) is 0 Å². The fourth-order valence-corrected chi connectivity index (χ4v) is 0.696. The van der Waals surface area contributed by atoms with Crippen LogP contribution < -0.4 is 0 Å². The zero-order valence-corrected chi connectivity index (χ0v) is 5.86. The molecule has 1 heterocycles. The van der Waals surface area contributed by atoms with Crippen molar-refractivity contribution >= 4 is 6.08 Å². The van der Waals surface area contributed by atoms with Gasteiger partial charge in [0.1, 0.15) is 5.82 Å². The number of aliphatic hydroxyl groups is 1. The molecule has 3 nitrogen and oxygen atoms in total. The fourth-order valence-electron chi connectivity index (χ4n) is 0.696. The van der Waals surface area contributed by atoms with E-state index in [9.17, 15) is 0 Å². The number of aromatic nitrogens is 2. The molecule has 0 radical (unpaired) electrons. The van der Waals surface area contributed by atoms with Gasteiger partial charge in [-0.25, -0.2) is 4.98 Å². The van der Waals surface area contributed by atoms with Crippen molar-refractivity contribution in [3.63, 3.8) is 0 Å². The lowest BCUT2D eigenvalue weighted by Crippen LogP contribution is -1.89. The van der Waals surface area contributed by atoms with Gasteiger partial charge in [-0.05, 0) is 6.08 Å². The molecule has 0 aliphatic heterocycles. The van der Waals surface area contributed by atoms with E-state index in [0.717, 1.165) is 5.82 Å². The Kier molecular flexibility index (Phi) is 2.23. The number of nitrogens with zero attached hydrogens (tertiary/aromatic N) is 2. The van der Waals surface area contributed by atoms with Gasteiger partial charge in [-0.2, -0.15) is 0 Å². The fraction of sp³-hybridized carbons (Fsp3) is 0.286. The molecule has 0 saturated heterocycles. The predicted octanol–water partition coefficient (Wildman–Crippen LogP) is 0.426. The van der Waals surface area contributed by atoms with E-state index in [2.05, 4.69) is 4.98 Å². The van der Waals surface area contributed by atoms with E-state index in [1.54, 1.807) is 18.3 Å². The first-order chi connectivity index (χ1) is 4.84. The Bertz CT molecular complexity index is 227. The maximum atomic E-state index is 8.43. The highest BCUT2D eigenvalue weighted by Gasteiger charge is 1.89. The number of imidazole rings is 1. The Labute approximate surface area is 59.6 Å². The largest absolute Gasteiger partial charge is 0.392 e. The Morgan fingerprint density at radius 1 is 1.80 bits per heavy atom. The van der Waals surface area contributed by atoms with Crippen molar-refractivity contribution in [1.29, 1.82) is 0 Å². The van der Waals surface area contributed by atoms with Crippen LogP contribution in [0.4, 0.5) is 0 Å². The molecular weight excluding hydrogens is 128 g/mol. The third-order valence-corrected chi connectivity index (χ3v) is 1.23. The van der Waals surface area contributed by atoms with Crippen molar-refractivity contribution < 1.29 is 5.11 Å². The summed E-state index contributed by atoms with van der Waals surface area (Å²) in [6.07, 6.45) is 7.01. The van der Waals surface area contributed by atoms with E-state index < -0.39 is 0 Å². The van der Waals surface area contributed by atoms with E-state index in [1.807, 2.05) is 17.8 Å². The number of aryl methyl sites for hydroxylation is 1. The van der Waals surface area contributed by atoms with Gasteiger partial charge in [0.15, 0.2) is 0 Å². The Balaban J connectivity index is 2.74. The van der Waals surface area contributed by atoms with Gasteiger partial charge in [-0.1, -0.05) is 6.08 Å². The van der Waals surface area contributed by atoms with Crippen LogP contribution in [0.5, 0.6) is 0 Å². The summed E-state index contributed by atoms with van der Waals surface area (Å²) in [5, 5.41) is 8.43. The molecule has 0 atom stereocenters. The van der Waals surface area contributed by atoms with Crippen molar-refractivity contribution in [3.05, 3.63) is 24.3 Å². The highest BCUT2D eigenvalue weighted by Crippen LogP contribution is 1.95. The quantitative estimate of drug-likeness (QED) is 0.643. The monoisotopic (exact) mass is 138 g/mol. The first-order valence-corrected chi connectivity index (χ1v) is 3.09. The van der Waals surface area contributed by atoms with Crippen LogP contribution in [0.15, 0.2) is 18.5 Å². The average molecular weight is 138 g/mol. The van der Waals surface area contributed by atoms with Crippen LogP contribution in [0.25, 0.3) is 6.08 Å². The molecule has 0 aliphatic carbocycles. The second-order valence-electron chi connectivity index (χ2n) is 1.98. The molecule has 1 N–H and O–H groups in total. The van der Waals surface area contributed by atoms with Crippen LogP contribution >= 0.6 is 0 Å². The molecule has 0 unspecified atom stereocenters. The van der Waals surface area contributed by atoms with Crippen LogP contribution in [-0.4, -0.2) is 21.3 Å². The van der Waals surface area contributed by atoms with Gasteiger partial charge < -0.3 is 9.67 Å². The summed E-state index contributed by atoms with van der Waals surface area (Å²) < 4.78 is 1.88. The molecule has 0 spiro atoms. The van der Waals surface area contributed by atoms with Crippen molar-refractivity contribution in [2.75, 3.05) is 6.61 Å². The summed E-state index contributed by atoms with van der Waals surface area (Å²) in [6, 6.07) is 0. The Morgan fingerprint density at radius 3 is 3.10 bits per heavy atom.